The molecule has 21 heavy (non-hydrogen) atoms. The molecule has 2 aromatic rings. The lowest BCUT2D eigenvalue weighted by molar-refractivity contribution is 0.415. The lowest BCUT2D eigenvalue weighted by Crippen LogP contribution is -2.28. The van der Waals surface area contributed by atoms with Gasteiger partial charge < -0.3 is 4.74 Å². The summed E-state index contributed by atoms with van der Waals surface area (Å²) in [6.45, 7) is 4.67. The zero-order valence-corrected chi connectivity index (χ0v) is 13.2. The minimum absolute atomic E-state index is 0.120. The molecule has 0 unspecified atom stereocenters. The Morgan fingerprint density at radius 2 is 2.10 bits per heavy atom. The molecular weight excluding hydrogens is 288 g/mol. The average molecular weight is 307 g/mol. The van der Waals surface area contributed by atoms with Crippen molar-refractivity contribution in [1.29, 1.82) is 0 Å². The first kappa shape index (κ1) is 15.6. The van der Waals surface area contributed by atoms with E-state index in [-0.39, 0.29) is 11.4 Å². The average Bonchev–Trinajstić information content (AvgIpc) is 2.49. The summed E-state index contributed by atoms with van der Waals surface area (Å²) >= 11 is 5.89. The van der Waals surface area contributed by atoms with Crippen LogP contribution in [0.5, 0.6) is 5.75 Å². The molecule has 0 spiro atoms. The van der Waals surface area contributed by atoms with Crippen molar-refractivity contribution in [2.75, 3.05) is 7.11 Å². The van der Waals surface area contributed by atoms with E-state index in [4.69, 9.17) is 16.3 Å². The zero-order chi connectivity index (χ0) is 15.4. The number of nitrogens with zero attached hydrogens (tertiary/aromatic N) is 2. The second-order valence-electron chi connectivity index (χ2n) is 5.30. The van der Waals surface area contributed by atoms with Crippen molar-refractivity contribution in [3.05, 3.63) is 46.2 Å². The maximum Gasteiger partial charge on any atom is 0.271 e. The molecule has 0 saturated carbocycles. The fourth-order valence-corrected chi connectivity index (χ4v) is 2.28. The SMILES string of the molecule is COc1cccc(-c2cc(CCl)c(=O)n(CC(C)C)n2)c1. The third-order valence-corrected chi connectivity index (χ3v) is 3.38. The molecule has 0 amide bonds. The monoisotopic (exact) mass is 306 g/mol. The van der Waals surface area contributed by atoms with E-state index in [2.05, 4.69) is 5.10 Å². The van der Waals surface area contributed by atoms with Crippen molar-refractivity contribution in [2.45, 2.75) is 26.3 Å². The molecule has 0 fully saturated rings. The standard InChI is InChI=1S/C16H19ClN2O2/c1-11(2)10-19-16(20)13(9-17)8-15(18-19)12-5-4-6-14(7-12)21-3/h4-8,11H,9-10H2,1-3H3. The van der Waals surface area contributed by atoms with Gasteiger partial charge in [0.15, 0.2) is 0 Å². The minimum atomic E-state index is -0.120. The minimum Gasteiger partial charge on any atom is -0.497 e. The van der Waals surface area contributed by atoms with E-state index in [0.29, 0.717) is 18.0 Å². The summed E-state index contributed by atoms with van der Waals surface area (Å²) in [6.07, 6.45) is 0. The molecule has 0 saturated heterocycles. The van der Waals surface area contributed by atoms with E-state index in [1.165, 1.54) is 4.68 Å². The van der Waals surface area contributed by atoms with Gasteiger partial charge in [-0.1, -0.05) is 26.0 Å². The molecule has 4 nitrogen and oxygen atoms in total. The number of aromatic nitrogens is 2. The summed E-state index contributed by atoms with van der Waals surface area (Å²) in [4.78, 5) is 12.2. The third kappa shape index (κ3) is 3.64. The second-order valence-corrected chi connectivity index (χ2v) is 5.57. The van der Waals surface area contributed by atoms with E-state index in [9.17, 15) is 4.79 Å². The van der Waals surface area contributed by atoms with Gasteiger partial charge in [-0.25, -0.2) is 4.68 Å². The normalized spacial score (nSPS) is 10.9. The van der Waals surface area contributed by atoms with E-state index in [1.54, 1.807) is 13.2 Å². The molecule has 0 aliphatic rings. The van der Waals surface area contributed by atoms with Crippen molar-refractivity contribution < 1.29 is 4.74 Å². The molecule has 0 bridgehead atoms. The van der Waals surface area contributed by atoms with Crippen LogP contribution in [0.15, 0.2) is 35.1 Å². The van der Waals surface area contributed by atoms with Crippen LogP contribution in [0.25, 0.3) is 11.3 Å². The lowest BCUT2D eigenvalue weighted by Gasteiger charge is -2.12. The van der Waals surface area contributed by atoms with Gasteiger partial charge in [0, 0.05) is 17.7 Å². The summed E-state index contributed by atoms with van der Waals surface area (Å²) in [5.74, 6) is 1.26. The molecule has 0 aliphatic carbocycles. The van der Waals surface area contributed by atoms with Crippen LogP contribution >= 0.6 is 11.6 Å². The highest BCUT2D eigenvalue weighted by molar-refractivity contribution is 6.17. The van der Waals surface area contributed by atoms with Crippen molar-refractivity contribution in [3.8, 4) is 17.0 Å². The highest BCUT2D eigenvalue weighted by Crippen LogP contribution is 2.22. The summed E-state index contributed by atoms with van der Waals surface area (Å²) < 4.78 is 6.73. The summed E-state index contributed by atoms with van der Waals surface area (Å²) in [6, 6.07) is 9.35. The van der Waals surface area contributed by atoms with E-state index in [1.807, 2.05) is 38.1 Å². The first-order valence-corrected chi connectivity index (χ1v) is 7.40. The van der Waals surface area contributed by atoms with Crippen molar-refractivity contribution in [1.82, 2.24) is 9.78 Å². The molecule has 0 N–H and O–H groups in total. The maximum absolute atomic E-state index is 12.2. The number of ether oxygens (including phenoxy) is 1. The fraction of sp³-hybridized carbons (Fsp3) is 0.375. The quantitative estimate of drug-likeness (QED) is 0.796. The molecule has 112 valence electrons. The van der Waals surface area contributed by atoms with Gasteiger partial charge in [-0.05, 0) is 24.1 Å². The van der Waals surface area contributed by atoms with Gasteiger partial charge in [0.2, 0.25) is 0 Å². The van der Waals surface area contributed by atoms with Crippen LogP contribution < -0.4 is 10.3 Å². The number of rotatable bonds is 5. The second kappa shape index (κ2) is 6.76. The number of hydrogen-bond donors (Lipinski definition) is 0. The van der Waals surface area contributed by atoms with Crippen molar-refractivity contribution in [2.24, 2.45) is 5.92 Å². The van der Waals surface area contributed by atoms with E-state index in [0.717, 1.165) is 17.0 Å². The van der Waals surface area contributed by atoms with E-state index >= 15 is 0 Å². The smallest absolute Gasteiger partial charge is 0.271 e. The Kier molecular flexibility index (Phi) is 5.02. The number of benzene rings is 1. The molecule has 1 heterocycles. The molecule has 2 rings (SSSR count). The van der Waals surface area contributed by atoms with E-state index < -0.39 is 0 Å². The van der Waals surface area contributed by atoms with Crippen molar-refractivity contribution >= 4 is 11.6 Å². The van der Waals surface area contributed by atoms with Gasteiger partial charge in [0.25, 0.3) is 5.56 Å². The van der Waals surface area contributed by atoms with Gasteiger partial charge in [-0.15, -0.1) is 11.6 Å². The molecule has 1 aromatic carbocycles. The summed E-state index contributed by atoms with van der Waals surface area (Å²) in [5.41, 5.74) is 2.07. The molecule has 0 aliphatic heterocycles. The predicted octanol–water partition coefficient (Wildman–Crippen LogP) is 3.31. The van der Waals surface area contributed by atoms with Crippen LogP contribution in [0.4, 0.5) is 0 Å². The molecule has 1 aromatic heterocycles. The van der Waals surface area contributed by atoms with Gasteiger partial charge in [-0.3, -0.25) is 4.79 Å². The van der Waals surface area contributed by atoms with Crippen LogP contribution in [-0.2, 0) is 12.4 Å². The fourth-order valence-electron chi connectivity index (χ4n) is 2.09. The number of methoxy groups -OCH3 is 1. The van der Waals surface area contributed by atoms with Crippen LogP contribution in [0.1, 0.15) is 19.4 Å². The summed E-state index contributed by atoms with van der Waals surface area (Å²) in [7, 11) is 1.62. The molecule has 0 radical (unpaired) electrons. The Hall–Kier alpha value is -1.81. The zero-order valence-electron chi connectivity index (χ0n) is 12.5. The predicted molar refractivity (Wildman–Crippen MR) is 84.9 cm³/mol. The van der Waals surface area contributed by atoms with Gasteiger partial charge >= 0.3 is 0 Å². The topological polar surface area (TPSA) is 44.1 Å². The summed E-state index contributed by atoms with van der Waals surface area (Å²) in [5, 5.41) is 4.46. The van der Waals surface area contributed by atoms with Gasteiger partial charge in [-0.2, -0.15) is 5.10 Å². The number of hydrogen-bond acceptors (Lipinski definition) is 3. The highest BCUT2D eigenvalue weighted by atomic mass is 35.5. The van der Waals surface area contributed by atoms with Gasteiger partial charge in [0.05, 0.1) is 18.7 Å². The Morgan fingerprint density at radius 3 is 2.71 bits per heavy atom. The maximum atomic E-state index is 12.2. The van der Waals surface area contributed by atoms with Crippen LogP contribution in [0, 0.1) is 5.92 Å². The van der Waals surface area contributed by atoms with Crippen LogP contribution in [-0.4, -0.2) is 16.9 Å². The Balaban J connectivity index is 2.55. The highest BCUT2D eigenvalue weighted by Gasteiger charge is 2.11. The van der Waals surface area contributed by atoms with Gasteiger partial charge in [0.1, 0.15) is 5.75 Å². The Bertz CT molecular complexity index is 680. The van der Waals surface area contributed by atoms with Crippen LogP contribution in [0.3, 0.4) is 0 Å². The Labute approximate surface area is 129 Å². The number of alkyl halides is 1. The third-order valence-electron chi connectivity index (χ3n) is 3.10. The molecular formula is C16H19ClN2O2. The first-order valence-electron chi connectivity index (χ1n) is 6.86. The lowest BCUT2D eigenvalue weighted by atomic mass is 10.1. The van der Waals surface area contributed by atoms with Crippen LogP contribution in [0.2, 0.25) is 0 Å². The Morgan fingerprint density at radius 1 is 1.33 bits per heavy atom. The first-order chi connectivity index (χ1) is 10.0. The molecule has 5 heteroatoms. The molecule has 0 atom stereocenters. The number of halogens is 1. The largest absolute Gasteiger partial charge is 0.497 e. The van der Waals surface area contributed by atoms with Crippen molar-refractivity contribution in [3.63, 3.8) is 0 Å².